The fourth-order valence-corrected chi connectivity index (χ4v) is 2.52. The van der Waals surface area contributed by atoms with E-state index in [0.29, 0.717) is 11.9 Å². The van der Waals surface area contributed by atoms with E-state index in [1.54, 1.807) is 0 Å². The average molecular weight is 287 g/mol. The van der Waals surface area contributed by atoms with Crippen LogP contribution in [0, 0.1) is 11.3 Å². The molecule has 3 nitrogen and oxygen atoms in total. The summed E-state index contributed by atoms with van der Waals surface area (Å²) < 4.78 is 4.55. The van der Waals surface area contributed by atoms with Gasteiger partial charge in [0.1, 0.15) is 5.60 Å². The summed E-state index contributed by atoms with van der Waals surface area (Å²) in [5.41, 5.74) is 0.272. The van der Waals surface area contributed by atoms with Crippen LogP contribution < -0.4 is 5.32 Å². The van der Waals surface area contributed by atoms with Crippen LogP contribution in [0.2, 0.25) is 0 Å². The molecule has 0 aromatic rings. The van der Waals surface area contributed by atoms with Gasteiger partial charge in [-0.15, -0.1) is 0 Å². The lowest BCUT2D eigenvalue weighted by Gasteiger charge is -2.39. The van der Waals surface area contributed by atoms with Crippen LogP contribution in [0.5, 0.6) is 0 Å². The maximum absolute atomic E-state index is 9.60. The molecule has 20 heavy (non-hydrogen) atoms. The molecule has 1 rings (SSSR count). The molecule has 0 aliphatic heterocycles. The highest BCUT2D eigenvalue weighted by Crippen LogP contribution is 2.38. The van der Waals surface area contributed by atoms with E-state index in [1.165, 1.54) is 19.3 Å². The van der Waals surface area contributed by atoms with Gasteiger partial charge in [0.05, 0.1) is 0 Å². The first-order valence-corrected chi connectivity index (χ1v) is 7.90. The third-order valence-electron chi connectivity index (χ3n) is 3.47. The van der Waals surface area contributed by atoms with Crippen molar-refractivity contribution in [2.45, 2.75) is 86.3 Å². The van der Waals surface area contributed by atoms with Crippen LogP contribution in [-0.2, 0) is 9.53 Å². The third-order valence-corrected chi connectivity index (χ3v) is 3.47. The van der Waals surface area contributed by atoms with Crippen molar-refractivity contribution >= 4 is 6.47 Å². The Bertz CT molecular complexity index is 244. The molecule has 0 heterocycles. The number of ether oxygens (including phenoxy) is 1. The minimum atomic E-state index is -0.318. The predicted octanol–water partition coefficient (Wildman–Crippen LogP) is 4.40. The van der Waals surface area contributed by atoms with Crippen molar-refractivity contribution in [3.05, 3.63) is 0 Å². The Morgan fingerprint density at radius 1 is 1.25 bits per heavy atom. The second kappa shape index (κ2) is 10.2. The van der Waals surface area contributed by atoms with Crippen molar-refractivity contribution < 1.29 is 9.53 Å². The van der Waals surface area contributed by atoms with Gasteiger partial charge in [-0.3, -0.25) is 4.79 Å². The summed E-state index contributed by atoms with van der Waals surface area (Å²) in [5, 5.41) is 3.39. The highest BCUT2D eigenvalue weighted by molar-refractivity contribution is 5.37. The van der Waals surface area contributed by atoms with Gasteiger partial charge < -0.3 is 10.1 Å². The molecule has 1 fully saturated rings. The summed E-state index contributed by atoms with van der Waals surface area (Å²) in [4.78, 5) is 9.60. The first-order chi connectivity index (χ1) is 9.11. The van der Waals surface area contributed by atoms with Crippen molar-refractivity contribution in [1.29, 1.82) is 0 Å². The molecule has 0 bridgehead atoms. The second-order valence-electron chi connectivity index (χ2n) is 7.11. The Kier molecular flexibility index (Phi) is 11.1. The average Bonchev–Trinajstić information content (AvgIpc) is 2.30. The zero-order chi connectivity index (χ0) is 16.4. The summed E-state index contributed by atoms with van der Waals surface area (Å²) >= 11 is 0. The quantitative estimate of drug-likeness (QED) is 0.765. The number of hydrogen-bond acceptors (Lipinski definition) is 3. The number of nitrogens with one attached hydrogen (secondary N) is 1. The van der Waals surface area contributed by atoms with E-state index in [4.69, 9.17) is 0 Å². The molecule has 3 heteroatoms. The number of carbonyl (C=O) groups excluding carboxylic acids is 1. The van der Waals surface area contributed by atoms with Crippen LogP contribution in [0.3, 0.4) is 0 Å². The minimum Gasteiger partial charge on any atom is -0.462 e. The topological polar surface area (TPSA) is 38.3 Å². The van der Waals surface area contributed by atoms with Gasteiger partial charge in [-0.1, -0.05) is 34.6 Å². The normalized spacial score (nSPS) is 24.4. The van der Waals surface area contributed by atoms with Crippen LogP contribution in [0.4, 0.5) is 0 Å². The van der Waals surface area contributed by atoms with E-state index in [9.17, 15) is 4.79 Å². The monoisotopic (exact) mass is 287 g/mol. The molecule has 0 amide bonds. The Labute approximate surface area is 126 Å². The van der Waals surface area contributed by atoms with E-state index < -0.39 is 0 Å². The van der Waals surface area contributed by atoms with Crippen LogP contribution >= 0.6 is 0 Å². The molecule has 1 saturated carbocycles. The highest BCUT2D eigenvalue weighted by Gasteiger charge is 2.31. The zero-order valence-electron chi connectivity index (χ0n) is 15.2. The van der Waals surface area contributed by atoms with Gasteiger partial charge in [0.15, 0.2) is 0 Å². The van der Waals surface area contributed by atoms with Crippen molar-refractivity contribution in [2.75, 3.05) is 7.05 Å². The molecule has 0 aromatic carbocycles. The molecule has 2 unspecified atom stereocenters. The zero-order valence-corrected chi connectivity index (χ0v) is 15.2. The fourth-order valence-electron chi connectivity index (χ4n) is 2.52. The molecule has 0 saturated heterocycles. The lowest BCUT2D eigenvalue weighted by molar-refractivity contribution is -0.138. The van der Waals surface area contributed by atoms with Crippen LogP contribution in [-0.4, -0.2) is 25.2 Å². The van der Waals surface area contributed by atoms with Crippen LogP contribution in [0.15, 0.2) is 0 Å². The molecule has 0 radical (unpaired) electrons. The van der Waals surface area contributed by atoms with E-state index >= 15 is 0 Å². The molecule has 0 aromatic heterocycles. The van der Waals surface area contributed by atoms with Gasteiger partial charge in [-0.2, -0.15) is 0 Å². The second-order valence-corrected chi connectivity index (χ2v) is 7.11. The van der Waals surface area contributed by atoms with E-state index in [1.807, 2.05) is 34.6 Å². The molecule has 0 spiro atoms. The first-order valence-electron chi connectivity index (χ1n) is 7.90. The SMILES string of the molecule is CC.CC(C)(C)OC=O.CNC1CCC(C)(C)CC1C. The van der Waals surface area contributed by atoms with Gasteiger partial charge >= 0.3 is 0 Å². The summed E-state index contributed by atoms with van der Waals surface area (Å²) in [6, 6.07) is 0.767. The third kappa shape index (κ3) is 11.3. The predicted molar refractivity (Wildman–Crippen MR) is 87.9 cm³/mol. The molecule has 1 N–H and O–H groups in total. The van der Waals surface area contributed by atoms with Gasteiger partial charge in [0.25, 0.3) is 6.47 Å². The van der Waals surface area contributed by atoms with E-state index in [-0.39, 0.29) is 5.60 Å². The van der Waals surface area contributed by atoms with Crippen LogP contribution in [0.25, 0.3) is 0 Å². The Morgan fingerprint density at radius 3 is 2.00 bits per heavy atom. The van der Waals surface area contributed by atoms with Crippen molar-refractivity contribution in [3.8, 4) is 0 Å². The lowest BCUT2D eigenvalue weighted by atomic mass is 9.70. The highest BCUT2D eigenvalue weighted by atomic mass is 16.5. The van der Waals surface area contributed by atoms with Crippen molar-refractivity contribution in [2.24, 2.45) is 11.3 Å². The van der Waals surface area contributed by atoms with Crippen LogP contribution in [0.1, 0.15) is 74.7 Å². The van der Waals surface area contributed by atoms with Crippen molar-refractivity contribution in [1.82, 2.24) is 5.32 Å². The summed E-state index contributed by atoms with van der Waals surface area (Å²) in [7, 11) is 2.08. The first kappa shape index (κ1) is 21.7. The number of carbonyl (C=O) groups is 1. The molecule has 1 aliphatic rings. The van der Waals surface area contributed by atoms with Gasteiger partial charge in [-0.25, -0.2) is 0 Å². The number of hydrogen-bond donors (Lipinski definition) is 1. The Morgan fingerprint density at radius 2 is 1.75 bits per heavy atom. The largest absolute Gasteiger partial charge is 0.462 e. The lowest BCUT2D eigenvalue weighted by Crippen LogP contribution is -2.39. The molecular weight excluding hydrogens is 250 g/mol. The molecule has 1 aliphatic carbocycles. The van der Waals surface area contributed by atoms with Crippen molar-refractivity contribution in [3.63, 3.8) is 0 Å². The summed E-state index contributed by atoms with van der Waals surface area (Å²) in [6.45, 7) is 17.1. The smallest absolute Gasteiger partial charge is 0.293 e. The standard InChI is InChI=1S/C10H21N.C5H10O2.C2H6/c1-8-7-10(2,3)6-5-9(8)11-4;1-5(2,3)7-4-6;1-2/h8-9,11H,5-7H2,1-4H3;4H,1-3H3;1-2H3. The summed E-state index contributed by atoms with van der Waals surface area (Å²) in [6.07, 6.45) is 4.10. The number of rotatable bonds is 2. The fraction of sp³-hybridized carbons (Fsp3) is 0.941. The minimum absolute atomic E-state index is 0.318. The Hall–Kier alpha value is -0.570. The van der Waals surface area contributed by atoms with E-state index in [2.05, 4.69) is 37.9 Å². The van der Waals surface area contributed by atoms with Gasteiger partial charge in [-0.05, 0) is 58.4 Å². The molecular formula is C17H37NO2. The van der Waals surface area contributed by atoms with Gasteiger partial charge in [0, 0.05) is 6.04 Å². The molecule has 2 atom stereocenters. The van der Waals surface area contributed by atoms with Gasteiger partial charge in [0.2, 0.25) is 0 Å². The summed E-state index contributed by atoms with van der Waals surface area (Å²) in [5.74, 6) is 0.851. The molecule has 122 valence electrons. The van der Waals surface area contributed by atoms with E-state index in [0.717, 1.165) is 12.0 Å². The Balaban J connectivity index is 0. The maximum atomic E-state index is 9.60. The maximum Gasteiger partial charge on any atom is 0.293 e.